The number of carbonyl (C=O) groups excluding carboxylic acids is 4. The van der Waals surface area contributed by atoms with Gasteiger partial charge in [-0.05, 0) is 20.8 Å². The fourth-order valence-corrected chi connectivity index (χ4v) is 5.49. The molecule has 2 fully saturated rings. The first-order valence-corrected chi connectivity index (χ1v) is 10.9. The van der Waals surface area contributed by atoms with Crippen LogP contribution in [0.15, 0.2) is 4.52 Å². The van der Waals surface area contributed by atoms with Gasteiger partial charge in [0.1, 0.15) is 10.5 Å². The zero-order chi connectivity index (χ0) is 23.7. The molecule has 0 bridgehead atoms. The second kappa shape index (κ2) is 7.39. The van der Waals surface area contributed by atoms with E-state index in [1.54, 1.807) is 13.8 Å². The molecule has 0 unspecified atom stereocenters. The third-order valence-electron chi connectivity index (χ3n) is 6.33. The van der Waals surface area contributed by atoms with Crippen LogP contribution in [0.4, 0.5) is 10.5 Å². The molecule has 176 valence electrons. The molecule has 3 atom stereocenters. The Kier molecular flexibility index (Phi) is 4.83. The Balaban J connectivity index is 0.00000274. The van der Waals surface area contributed by atoms with Crippen molar-refractivity contribution in [3.8, 4) is 0 Å². The number of nitrogens with zero attached hydrogens (tertiary/aromatic N) is 3. The second-order valence-electron chi connectivity index (χ2n) is 8.42. The summed E-state index contributed by atoms with van der Waals surface area (Å²) in [6, 6.07) is -1.65. The summed E-state index contributed by atoms with van der Waals surface area (Å²) in [4.78, 5) is 57.1. The average Bonchev–Trinajstić information content (AvgIpc) is 3.15. The normalized spacial score (nSPS) is 26.0. The van der Waals surface area contributed by atoms with Crippen molar-refractivity contribution in [2.45, 2.75) is 45.4 Å². The van der Waals surface area contributed by atoms with E-state index in [2.05, 4.69) is 26.1 Å². The van der Waals surface area contributed by atoms with Crippen LogP contribution >= 0.6 is 11.6 Å². The number of hydrogen-bond donors (Lipinski definition) is 3. The largest absolute Gasteiger partial charge is 0.372 e. The van der Waals surface area contributed by atoms with E-state index in [9.17, 15) is 19.2 Å². The Morgan fingerprint density at radius 1 is 1.30 bits per heavy atom. The Morgan fingerprint density at radius 3 is 2.67 bits per heavy atom. The molecule has 3 aliphatic rings. The Labute approximate surface area is 193 Å². The summed E-state index contributed by atoms with van der Waals surface area (Å²) in [5.74, 6) is -1.97. The van der Waals surface area contributed by atoms with E-state index >= 15 is 0 Å². The van der Waals surface area contributed by atoms with E-state index in [0.29, 0.717) is 24.5 Å². The van der Waals surface area contributed by atoms with Gasteiger partial charge in [-0.15, -0.1) is 0 Å². The number of nitrogens with one attached hydrogen (secondary N) is 3. The lowest BCUT2D eigenvalue weighted by Crippen LogP contribution is -2.75. The van der Waals surface area contributed by atoms with Crippen molar-refractivity contribution in [3.05, 3.63) is 16.4 Å². The molecule has 0 saturated carbocycles. The van der Waals surface area contributed by atoms with Gasteiger partial charge >= 0.3 is 6.03 Å². The topological polar surface area (TPSA) is 156 Å². The highest BCUT2D eigenvalue weighted by molar-refractivity contribution is 6.38. The summed E-state index contributed by atoms with van der Waals surface area (Å²) in [6.45, 7) is 6.06. The number of carbonyl (C=O) groups is 4. The van der Waals surface area contributed by atoms with Crippen LogP contribution in [0.1, 0.15) is 38.4 Å². The predicted molar refractivity (Wildman–Crippen MR) is 116 cm³/mol. The SMILES string of the molecule is CCNC(=O)c1noc2c(Cl)c3c(nc12)CC1(C(=O)NC(=O)NC1=O)[C@H]1[C@H](C)O[C@H](C)CN31.[HH]. The first-order chi connectivity index (χ1) is 15.7. The van der Waals surface area contributed by atoms with Gasteiger partial charge in [-0.2, -0.15) is 0 Å². The predicted octanol–water partition coefficient (Wildman–Crippen LogP) is 0.763. The first kappa shape index (κ1) is 21.6. The number of urea groups is 1. The number of fused-ring (bicyclic) bond motifs is 5. The van der Waals surface area contributed by atoms with Gasteiger partial charge in [0.15, 0.2) is 11.1 Å². The molecule has 3 aliphatic heterocycles. The third kappa shape index (κ3) is 2.93. The van der Waals surface area contributed by atoms with Crippen LogP contribution in [0.25, 0.3) is 11.1 Å². The van der Waals surface area contributed by atoms with Crippen LogP contribution in [-0.4, -0.2) is 65.2 Å². The molecular weight excluding hydrogens is 456 g/mol. The number of rotatable bonds is 2. The van der Waals surface area contributed by atoms with Gasteiger partial charge in [0, 0.05) is 20.9 Å². The van der Waals surface area contributed by atoms with Gasteiger partial charge in [0.05, 0.1) is 29.6 Å². The highest BCUT2D eigenvalue weighted by Crippen LogP contribution is 2.50. The summed E-state index contributed by atoms with van der Waals surface area (Å²) in [5, 5.41) is 11.1. The third-order valence-corrected chi connectivity index (χ3v) is 6.68. The van der Waals surface area contributed by atoms with Crippen LogP contribution in [0.3, 0.4) is 0 Å². The average molecular weight is 479 g/mol. The van der Waals surface area contributed by atoms with Crippen molar-refractivity contribution in [2.75, 3.05) is 18.0 Å². The van der Waals surface area contributed by atoms with Crippen molar-refractivity contribution >= 4 is 52.1 Å². The van der Waals surface area contributed by atoms with Crippen LogP contribution < -0.4 is 20.9 Å². The molecule has 0 aliphatic carbocycles. The maximum atomic E-state index is 13.2. The lowest BCUT2D eigenvalue weighted by Gasteiger charge is -2.55. The Hall–Kier alpha value is -3.25. The standard InChI is InChI=1S/C20H21ClN6O6.H2/c1-4-22-16(28)12-11-14(33-26-12)10(21)13-9(23-11)5-20(17(29)24-19(31)25-18(20)30)15-8(3)32-7(2)6-27(13)15;/h7-8,15H,4-6H2,1-3H3,(H,22,28)(H2,24,25,29,30,31);1H/t7-,8+,15-;/m1./s1. The minimum absolute atomic E-state index is 0. The molecule has 2 aromatic rings. The highest BCUT2D eigenvalue weighted by Gasteiger charge is 2.63. The molecule has 2 aromatic heterocycles. The fourth-order valence-electron chi connectivity index (χ4n) is 5.15. The molecule has 13 heteroatoms. The maximum Gasteiger partial charge on any atom is 0.328 e. The monoisotopic (exact) mass is 478 g/mol. The van der Waals surface area contributed by atoms with Gasteiger partial charge in [0.2, 0.25) is 17.4 Å². The lowest BCUT2D eigenvalue weighted by atomic mass is 9.67. The fraction of sp³-hybridized carbons (Fsp3) is 0.500. The van der Waals surface area contributed by atoms with Gasteiger partial charge in [-0.25, -0.2) is 9.78 Å². The number of hydrogen-bond acceptors (Lipinski definition) is 9. The molecule has 2 saturated heterocycles. The molecule has 33 heavy (non-hydrogen) atoms. The van der Waals surface area contributed by atoms with Crippen LogP contribution in [0.2, 0.25) is 5.02 Å². The van der Waals surface area contributed by atoms with Crippen LogP contribution in [-0.2, 0) is 20.7 Å². The summed E-state index contributed by atoms with van der Waals surface area (Å²) < 4.78 is 11.3. The van der Waals surface area contributed by atoms with E-state index in [0.717, 1.165) is 0 Å². The van der Waals surface area contributed by atoms with Crippen molar-refractivity contribution in [2.24, 2.45) is 5.41 Å². The van der Waals surface area contributed by atoms with Gasteiger partial charge in [0.25, 0.3) is 5.91 Å². The van der Waals surface area contributed by atoms with E-state index in [1.165, 1.54) is 0 Å². The minimum Gasteiger partial charge on any atom is -0.372 e. The molecule has 12 nitrogen and oxygen atoms in total. The summed E-state index contributed by atoms with van der Waals surface area (Å²) in [7, 11) is 0. The van der Waals surface area contributed by atoms with E-state index in [4.69, 9.17) is 20.9 Å². The van der Waals surface area contributed by atoms with Gasteiger partial charge in [-0.1, -0.05) is 16.8 Å². The number of barbiturate groups is 1. The second-order valence-corrected chi connectivity index (χ2v) is 8.80. The van der Waals surface area contributed by atoms with E-state index < -0.39 is 41.3 Å². The molecule has 0 radical (unpaired) electrons. The number of halogens is 1. The number of morpholine rings is 1. The van der Waals surface area contributed by atoms with E-state index in [-0.39, 0.29) is 35.8 Å². The molecule has 1 spiro atoms. The van der Waals surface area contributed by atoms with Crippen LogP contribution in [0.5, 0.6) is 0 Å². The number of imide groups is 2. The molecule has 0 aromatic carbocycles. The summed E-state index contributed by atoms with van der Waals surface area (Å²) in [6.07, 6.45) is -0.964. The van der Waals surface area contributed by atoms with Crippen molar-refractivity contribution < 1.29 is 29.9 Å². The number of ether oxygens (including phenoxy) is 1. The zero-order valence-electron chi connectivity index (χ0n) is 18.0. The van der Waals surface area contributed by atoms with Crippen molar-refractivity contribution in [1.29, 1.82) is 0 Å². The number of pyridine rings is 1. The van der Waals surface area contributed by atoms with Gasteiger partial charge in [-0.3, -0.25) is 25.0 Å². The molecule has 5 rings (SSSR count). The number of amides is 5. The Bertz CT molecular complexity index is 1210. The van der Waals surface area contributed by atoms with Gasteiger partial charge < -0.3 is 19.5 Å². The first-order valence-electron chi connectivity index (χ1n) is 10.5. The molecule has 3 N–H and O–H groups in total. The Morgan fingerprint density at radius 2 is 2.00 bits per heavy atom. The summed E-state index contributed by atoms with van der Waals surface area (Å²) in [5.41, 5.74) is -0.695. The van der Waals surface area contributed by atoms with Crippen molar-refractivity contribution in [3.63, 3.8) is 0 Å². The maximum absolute atomic E-state index is 13.2. The smallest absolute Gasteiger partial charge is 0.328 e. The quantitative estimate of drug-likeness (QED) is 0.530. The lowest BCUT2D eigenvalue weighted by molar-refractivity contribution is -0.153. The molecular formula is C20H23ClN6O6. The highest BCUT2D eigenvalue weighted by atomic mass is 35.5. The van der Waals surface area contributed by atoms with Crippen molar-refractivity contribution in [1.82, 2.24) is 26.1 Å². The summed E-state index contributed by atoms with van der Waals surface area (Å²) >= 11 is 6.75. The number of anilines is 1. The van der Waals surface area contributed by atoms with Crippen LogP contribution in [0, 0.1) is 5.41 Å². The minimum atomic E-state index is -1.70. The van der Waals surface area contributed by atoms with E-state index in [1.807, 2.05) is 11.8 Å². The zero-order valence-corrected chi connectivity index (χ0v) is 18.8. The molecule has 5 amide bonds. The number of aromatic nitrogens is 2. The molecule has 5 heterocycles.